The van der Waals surface area contributed by atoms with Crippen LogP contribution in [-0.2, 0) is 4.79 Å². The zero-order valence-electron chi connectivity index (χ0n) is 11.6. The third-order valence-electron chi connectivity index (χ3n) is 2.61. The summed E-state index contributed by atoms with van der Waals surface area (Å²) in [4.78, 5) is 11.9. The predicted molar refractivity (Wildman–Crippen MR) is 83.6 cm³/mol. The molecule has 0 fully saturated rings. The van der Waals surface area contributed by atoms with Gasteiger partial charge < -0.3 is 19.2 Å². The first kappa shape index (κ1) is 15.2. The van der Waals surface area contributed by atoms with Gasteiger partial charge in [-0.05, 0) is 34.1 Å². The van der Waals surface area contributed by atoms with E-state index >= 15 is 0 Å². The number of anilines is 1. The maximum atomic E-state index is 11.9. The second-order valence-corrected chi connectivity index (χ2v) is 4.85. The number of hydrogen-bond acceptors (Lipinski definition) is 4. The van der Waals surface area contributed by atoms with Crippen LogP contribution >= 0.6 is 15.9 Å². The van der Waals surface area contributed by atoms with E-state index in [2.05, 4.69) is 21.2 Å². The molecule has 1 heterocycles. The molecule has 110 valence electrons. The lowest BCUT2D eigenvalue weighted by Crippen LogP contribution is -2.08. The highest BCUT2D eigenvalue weighted by Gasteiger charge is 2.04. The van der Waals surface area contributed by atoms with E-state index < -0.39 is 0 Å². The molecule has 0 aliphatic carbocycles. The molecule has 21 heavy (non-hydrogen) atoms. The minimum Gasteiger partial charge on any atom is -0.497 e. The summed E-state index contributed by atoms with van der Waals surface area (Å²) in [5.74, 6) is 1.50. The fourth-order valence-corrected chi connectivity index (χ4v) is 1.96. The van der Waals surface area contributed by atoms with E-state index in [4.69, 9.17) is 13.9 Å². The number of hydrogen-bond donors (Lipinski definition) is 1. The molecular formula is C15H14BrNO4. The van der Waals surface area contributed by atoms with Crippen molar-refractivity contribution in [1.29, 1.82) is 0 Å². The first-order valence-electron chi connectivity index (χ1n) is 6.08. The van der Waals surface area contributed by atoms with Crippen molar-refractivity contribution < 1.29 is 18.7 Å². The molecule has 0 bridgehead atoms. The SMILES string of the molecule is COc1cc(NC(=O)C=Cc2ccc(Br)o2)cc(OC)c1. The van der Waals surface area contributed by atoms with Crippen LogP contribution in [0.3, 0.4) is 0 Å². The molecule has 0 radical (unpaired) electrons. The van der Waals surface area contributed by atoms with Crippen LogP contribution in [0.1, 0.15) is 5.76 Å². The van der Waals surface area contributed by atoms with Gasteiger partial charge in [0.15, 0.2) is 4.67 Å². The minimum absolute atomic E-state index is 0.280. The van der Waals surface area contributed by atoms with Gasteiger partial charge in [0.2, 0.25) is 5.91 Å². The van der Waals surface area contributed by atoms with Crippen molar-refractivity contribution in [2.24, 2.45) is 0 Å². The van der Waals surface area contributed by atoms with Crippen LogP contribution in [0.4, 0.5) is 5.69 Å². The molecule has 0 atom stereocenters. The minimum atomic E-state index is -0.280. The number of carbonyl (C=O) groups is 1. The van der Waals surface area contributed by atoms with Gasteiger partial charge in [-0.15, -0.1) is 0 Å². The van der Waals surface area contributed by atoms with Crippen LogP contribution in [0, 0.1) is 0 Å². The summed E-state index contributed by atoms with van der Waals surface area (Å²) in [5, 5.41) is 2.73. The van der Waals surface area contributed by atoms with Crippen LogP contribution in [-0.4, -0.2) is 20.1 Å². The van der Waals surface area contributed by atoms with Crippen molar-refractivity contribution in [3.05, 3.63) is 46.8 Å². The van der Waals surface area contributed by atoms with Crippen LogP contribution in [0.5, 0.6) is 11.5 Å². The van der Waals surface area contributed by atoms with Gasteiger partial charge in [-0.25, -0.2) is 0 Å². The molecule has 1 aromatic carbocycles. The van der Waals surface area contributed by atoms with E-state index in [-0.39, 0.29) is 5.91 Å². The summed E-state index contributed by atoms with van der Waals surface area (Å²) in [6, 6.07) is 8.65. The Morgan fingerprint density at radius 3 is 2.38 bits per heavy atom. The van der Waals surface area contributed by atoms with Crippen molar-refractivity contribution >= 4 is 33.6 Å². The van der Waals surface area contributed by atoms with Gasteiger partial charge in [0.25, 0.3) is 0 Å². The van der Waals surface area contributed by atoms with Crippen LogP contribution in [0.15, 0.2) is 45.5 Å². The molecule has 0 saturated heterocycles. The monoisotopic (exact) mass is 351 g/mol. The average molecular weight is 352 g/mol. The van der Waals surface area contributed by atoms with Crippen molar-refractivity contribution in [2.75, 3.05) is 19.5 Å². The smallest absolute Gasteiger partial charge is 0.248 e. The number of amides is 1. The molecule has 1 amide bonds. The molecule has 1 aromatic heterocycles. The molecular weight excluding hydrogens is 338 g/mol. The van der Waals surface area contributed by atoms with Crippen LogP contribution in [0.25, 0.3) is 6.08 Å². The van der Waals surface area contributed by atoms with Crippen molar-refractivity contribution in [3.8, 4) is 11.5 Å². The second-order valence-electron chi connectivity index (χ2n) is 4.07. The van der Waals surface area contributed by atoms with Crippen LogP contribution < -0.4 is 14.8 Å². The maximum absolute atomic E-state index is 11.9. The highest BCUT2D eigenvalue weighted by atomic mass is 79.9. The molecule has 2 aromatic rings. The van der Waals surface area contributed by atoms with Crippen molar-refractivity contribution in [3.63, 3.8) is 0 Å². The Labute approximate surface area is 130 Å². The number of furan rings is 1. The van der Waals surface area contributed by atoms with Gasteiger partial charge in [-0.1, -0.05) is 0 Å². The number of nitrogens with one attached hydrogen (secondary N) is 1. The van der Waals surface area contributed by atoms with Gasteiger partial charge in [0.05, 0.1) is 14.2 Å². The topological polar surface area (TPSA) is 60.7 Å². The largest absolute Gasteiger partial charge is 0.497 e. The standard InChI is InChI=1S/C15H14BrNO4/c1-19-12-7-10(8-13(9-12)20-2)17-15(18)6-4-11-3-5-14(16)21-11/h3-9H,1-2H3,(H,17,18). The number of benzene rings is 1. The highest BCUT2D eigenvalue weighted by molar-refractivity contribution is 9.10. The third-order valence-corrected chi connectivity index (χ3v) is 3.04. The predicted octanol–water partition coefficient (Wildman–Crippen LogP) is 3.71. The summed E-state index contributed by atoms with van der Waals surface area (Å²) in [5.41, 5.74) is 0.585. The molecule has 0 saturated carbocycles. The molecule has 0 aliphatic heterocycles. The first-order valence-corrected chi connectivity index (χ1v) is 6.87. The molecule has 6 heteroatoms. The van der Waals surface area contributed by atoms with Crippen molar-refractivity contribution in [1.82, 2.24) is 0 Å². The Hall–Kier alpha value is -2.21. The Morgan fingerprint density at radius 2 is 1.86 bits per heavy atom. The summed E-state index contributed by atoms with van der Waals surface area (Å²) in [6.07, 6.45) is 2.97. The van der Waals surface area contributed by atoms with E-state index in [1.807, 2.05) is 0 Å². The number of methoxy groups -OCH3 is 2. The fourth-order valence-electron chi connectivity index (χ4n) is 1.64. The van der Waals surface area contributed by atoms with E-state index in [1.165, 1.54) is 6.08 Å². The normalized spacial score (nSPS) is 10.6. The number of halogens is 1. The Bertz CT molecular complexity index is 641. The Balaban J connectivity index is 2.07. The van der Waals surface area contributed by atoms with E-state index in [9.17, 15) is 4.79 Å². The van der Waals surface area contributed by atoms with Crippen LogP contribution in [0.2, 0.25) is 0 Å². The average Bonchev–Trinajstić information content (AvgIpc) is 2.90. The molecule has 2 rings (SSSR count). The molecule has 0 aliphatic rings. The number of rotatable bonds is 5. The lowest BCUT2D eigenvalue weighted by Gasteiger charge is -2.08. The molecule has 5 nitrogen and oxygen atoms in total. The van der Waals surface area contributed by atoms with Gasteiger partial charge in [-0.3, -0.25) is 4.79 Å². The quantitative estimate of drug-likeness (QED) is 0.834. The third kappa shape index (κ3) is 4.39. The van der Waals surface area contributed by atoms with E-state index in [1.54, 1.807) is 50.6 Å². The summed E-state index contributed by atoms with van der Waals surface area (Å²) < 4.78 is 16.2. The lowest BCUT2D eigenvalue weighted by molar-refractivity contribution is -0.111. The molecule has 1 N–H and O–H groups in total. The van der Waals surface area contributed by atoms with Gasteiger partial charge in [0.1, 0.15) is 17.3 Å². The molecule has 0 unspecified atom stereocenters. The van der Waals surface area contributed by atoms with Gasteiger partial charge >= 0.3 is 0 Å². The number of carbonyl (C=O) groups excluding carboxylic acids is 1. The zero-order chi connectivity index (χ0) is 15.2. The summed E-state index contributed by atoms with van der Waals surface area (Å²) >= 11 is 3.20. The van der Waals surface area contributed by atoms with E-state index in [0.717, 1.165) is 0 Å². The maximum Gasteiger partial charge on any atom is 0.248 e. The highest BCUT2D eigenvalue weighted by Crippen LogP contribution is 2.25. The second kappa shape index (κ2) is 6.99. The first-order chi connectivity index (χ1) is 10.1. The Morgan fingerprint density at radius 1 is 1.19 bits per heavy atom. The Kier molecular flexibility index (Phi) is 5.05. The summed E-state index contributed by atoms with van der Waals surface area (Å²) in [7, 11) is 3.10. The lowest BCUT2D eigenvalue weighted by atomic mass is 10.2. The van der Waals surface area contributed by atoms with Gasteiger partial charge in [-0.2, -0.15) is 0 Å². The van der Waals surface area contributed by atoms with E-state index in [0.29, 0.717) is 27.6 Å². The van der Waals surface area contributed by atoms with Crippen molar-refractivity contribution in [2.45, 2.75) is 0 Å². The van der Waals surface area contributed by atoms with Gasteiger partial charge in [0, 0.05) is 30.0 Å². The molecule has 0 spiro atoms. The summed E-state index contributed by atoms with van der Waals surface area (Å²) in [6.45, 7) is 0. The zero-order valence-corrected chi connectivity index (χ0v) is 13.1. The number of ether oxygens (including phenoxy) is 2. The fraction of sp³-hybridized carbons (Fsp3) is 0.133.